The van der Waals surface area contributed by atoms with E-state index >= 15 is 0 Å². The Kier molecular flexibility index (Phi) is 136. The molecule has 0 atom stereocenters. The zero-order valence-corrected chi connectivity index (χ0v) is 6.66. The summed E-state index contributed by atoms with van der Waals surface area (Å²) in [5.74, 6) is 0. The molecule has 80 valence electrons. The summed E-state index contributed by atoms with van der Waals surface area (Å²) < 4.78 is 34.1. The quantitative estimate of drug-likeness (QED) is 0.230. The first kappa shape index (κ1) is 66.5. The van der Waals surface area contributed by atoms with Crippen molar-refractivity contribution in [3.8, 4) is 0 Å². The molecule has 0 aliphatic heterocycles. The third kappa shape index (κ3) is 25300. The van der Waals surface area contributed by atoms with Crippen LogP contribution < -0.4 is 0 Å². The number of hydrogen-bond donors (Lipinski definition) is 0. The summed E-state index contributed by atoms with van der Waals surface area (Å²) in [6.45, 7) is 0. The molecule has 0 aliphatic carbocycles. The Bertz CT molecular complexity index is 92.7. The zero-order chi connectivity index (χ0) is 4.50. The van der Waals surface area contributed by atoms with Gasteiger partial charge in [0, 0.05) is 10.4 Å². The minimum Gasteiger partial charge on any atom is -0.759 e. The Morgan fingerprint density at radius 3 is 0.727 bits per heavy atom. The summed E-state index contributed by atoms with van der Waals surface area (Å²) in [4.78, 5) is 0. The van der Waals surface area contributed by atoms with E-state index in [9.17, 15) is 0 Å². The SMILES string of the molecule is O.O.O.O.O.O=S(=O)([O-])[O-].[Ni+2]. The second-order valence-corrected chi connectivity index (χ2v) is 1.22. The van der Waals surface area contributed by atoms with Crippen molar-refractivity contribution in [2.24, 2.45) is 0 Å². The van der Waals surface area contributed by atoms with Gasteiger partial charge in [-0.3, -0.25) is 8.42 Å². The molecule has 11 heavy (non-hydrogen) atoms. The molecule has 0 aromatic carbocycles. The molecule has 0 aliphatic rings. The number of rotatable bonds is 0. The predicted octanol–water partition coefficient (Wildman–Crippen LogP) is -5.46. The van der Waals surface area contributed by atoms with Gasteiger partial charge >= 0.3 is 16.5 Å². The van der Waals surface area contributed by atoms with Crippen molar-refractivity contribution >= 4 is 10.4 Å². The van der Waals surface area contributed by atoms with Crippen molar-refractivity contribution in [3.05, 3.63) is 0 Å². The predicted molar refractivity (Wildman–Crippen MR) is 28.5 cm³/mol. The maximum atomic E-state index is 8.52. The first-order valence-corrected chi connectivity index (χ1v) is 2.00. The zero-order valence-electron chi connectivity index (χ0n) is 4.86. The monoisotopic (exact) mass is 244 g/mol. The minimum atomic E-state index is -5.17. The molecule has 0 amide bonds. The molecule has 10 N–H and O–H groups in total. The average Bonchev–Trinajstić information content (AvgIpc) is 0.722. The first-order valence-electron chi connectivity index (χ1n) is 0.667. The summed E-state index contributed by atoms with van der Waals surface area (Å²) >= 11 is 0. The van der Waals surface area contributed by atoms with Gasteiger partial charge < -0.3 is 36.5 Å². The van der Waals surface area contributed by atoms with E-state index in [1.807, 2.05) is 0 Å². The molecular formula is H10NiO9S. The van der Waals surface area contributed by atoms with Crippen LogP contribution in [0.1, 0.15) is 0 Å². The van der Waals surface area contributed by atoms with Crippen molar-refractivity contribution < 1.29 is 61.4 Å². The van der Waals surface area contributed by atoms with Crippen molar-refractivity contribution in [1.29, 1.82) is 0 Å². The van der Waals surface area contributed by atoms with Crippen molar-refractivity contribution in [2.75, 3.05) is 0 Å². The Hall–Kier alpha value is 0.164. The van der Waals surface area contributed by atoms with Gasteiger partial charge in [-0.2, -0.15) is 0 Å². The van der Waals surface area contributed by atoms with Gasteiger partial charge in [-0.25, -0.2) is 0 Å². The molecule has 0 aromatic heterocycles. The van der Waals surface area contributed by atoms with Crippen LogP contribution in [0.3, 0.4) is 0 Å². The number of hydrogen-bond acceptors (Lipinski definition) is 4. The summed E-state index contributed by atoms with van der Waals surface area (Å²) in [6.07, 6.45) is 0. The normalized spacial score (nSPS) is 5.27. The van der Waals surface area contributed by atoms with E-state index < -0.39 is 10.4 Å². The standard InChI is InChI=1S/Ni.H2O4S.5H2O/c;1-5(2,3)4;;;;;/h;(H2,1,2,3,4);5*1H2/q+2;;;;;;/p-2. The molecular weight excluding hydrogens is 235 g/mol. The molecule has 11 heteroatoms. The molecule has 0 aromatic rings. The Labute approximate surface area is 72.5 Å². The van der Waals surface area contributed by atoms with E-state index in [1.54, 1.807) is 0 Å². The van der Waals surface area contributed by atoms with Crippen LogP contribution in [-0.2, 0) is 26.9 Å². The van der Waals surface area contributed by atoms with Crippen LogP contribution in [-0.4, -0.2) is 44.9 Å². The smallest absolute Gasteiger partial charge is 0.759 e. The molecule has 0 unspecified atom stereocenters. The van der Waals surface area contributed by atoms with Gasteiger partial charge in [-0.05, 0) is 0 Å². The second kappa shape index (κ2) is 22.5. The molecule has 0 radical (unpaired) electrons. The Balaban J connectivity index is -0.00000000533. The van der Waals surface area contributed by atoms with Crippen molar-refractivity contribution in [3.63, 3.8) is 0 Å². The third-order valence-electron chi connectivity index (χ3n) is 0. The molecule has 9 nitrogen and oxygen atoms in total. The van der Waals surface area contributed by atoms with Gasteiger partial charge in [0.05, 0.1) is 0 Å². The van der Waals surface area contributed by atoms with E-state index in [2.05, 4.69) is 0 Å². The molecule has 0 saturated carbocycles. The largest absolute Gasteiger partial charge is 2.00 e. The Morgan fingerprint density at radius 1 is 0.727 bits per heavy atom. The fraction of sp³-hybridized carbons (Fsp3) is 0. The van der Waals surface area contributed by atoms with Crippen LogP contribution in [0.25, 0.3) is 0 Å². The van der Waals surface area contributed by atoms with Crippen LogP contribution in [0.4, 0.5) is 0 Å². The Morgan fingerprint density at radius 2 is 0.727 bits per heavy atom. The van der Waals surface area contributed by atoms with Crippen LogP contribution in [0.15, 0.2) is 0 Å². The maximum Gasteiger partial charge on any atom is 2.00 e. The van der Waals surface area contributed by atoms with Gasteiger partial charge in [0.2, 0.25) is 0 Å². The summed E-state index contributed by atoms with van der Waals surface area (Å²) in [5, 5.41) is 0. The summed E-state index contributed by atoms with van der Waals surface area (Å²) in [7, 11) is -5.17. The van der Waals surface area contributed by atoms with E-state index in [1.165, 1.54) is 0 Å². The first-order chi connectivity index (χ1) is 2.00. The fourth-order valence-corrected chi connectivity index (χ4v) is 0. The molecule has 0 saturated heterocycles. The van der Waals surface area contributed by atoms with Gasteiger partial charge in [0.15, 0.2) is 0 Å². The van der Waals surface area contributed by atoms with E-state index in [0.29, 0.717) is 0 Å². The second-order valence-electron chi connectivity index (χ2n) is 0.408. The van der Waals surface area contributed by atoms with Gasteiger partial charge in [0.1, 0.15) is 0 Å². The molecule has 0 rings (SSSR count). The molecule has 0 fully saturated rings. The molecule has 0 heterocycles. The van der Waals surface area contributed by atoms with Crippen LogP contribution in [0.2, 0.25) is 0 Å². The third-order valence-corrected chi connectivity index (χ3v) is 0. The van der Waals surface area contributed by atoms with Crippen LogP contribution in [0, 0.1) is 0 Å². The van der Waals surface area contributed by atoms with Gasteiger partial charge in [-0.15, -0.1) is 0 Å². The average molecular weight is 245 g/mol. The fourth-order valence-electron chi connectivity index (χ4n) is 0. The van der Waals surface area contributed by atoms with Gasteiger partial charge in [-0.1, -0.05) is 0 Å². The van der Waals surface area contributed by atoms with E-state index in [4.69, 9.17) is 17.5 Å². The van der Waals surface area contributed by atoms with Crippen LogP contribution in [0.5, 0.6) is 0 Å². The van der Waals surface area contributed by atoms with E-state index in [0.717, 1.165) is 0 Å². The van der Waals surface area contributed by atoms with Gasteiger partial charge in [0.25, 0.3) is 0 Å². The molecule has 0 spiro atoms. The van der Waals surface area contributed by atoms with Crippen molar-refractivity contribution in [2.45, 2.75) is 0 Å². The topological polar surface area (TPSA) is 238 Å². The summed E-state index contributed by atoms with van der Waals surface area (Å²) in [6, 6.07) is 0. The minimum absolute atomic E-state index is 0. The molecule has 0 bridgehead atoms. The van der Waals surface area contributed by atoms with E-state index in [-0.39, 0.29) is 43.9 Å². The summed E-state index contributed by atoms with van der Waals surface area (Å²) in [5.41, 5.74) is 0. The van der Waals surface area contributed by atoms with Crippen LogP contribution >= 0.6 is 0 Å². The maximum absolute atomic E-state index is 8.52. The van der Waals surface area contributed by atoms with Crippen molar-refractivity contribution in [1.82, 2.24) is 0 Å².